The molecular formula is C7H6F3O2P. The predicted molar refractivity (Wildman–Crippen MR) is 41.7 cm³/mol. The van der Waals surface area contributed by atoms with Gasteiger partial charge in [0.1, 0.15) is 12.4 Å². The summed E-state index contributed by atoms with van der Waals surface area (Å²) < 4.78 is 49.4. The van der Waals surface area contributed by atoms with Crippen LogP contribution >= 0.6 is 7.99 Å². The van der Waals surface area contributed by atoms with E-state index in [0.29, 0.717) is 5.56 Å². The van der Waals surface area contributed by atoms with Gasteiger partial charge in [0, 0.05) is 0 Å². The number of halogens is 3. The van der Waals surface area contributed by atoms with E-state index in [9.17, 15) is 17.3 Å². The van der Waals surface area contributed by atoms with Crippen LogP contribution in [0.25, 0.3) is 0 Å². The summed E-state index contributed by atoms with van der Waals surface area (Å²) >= 11 is 0. The highest BCUT2D eigenvalue weighted by molar-refractivity contribution is 7.48. The predicted octanol–water partition coefficient (Wildman–Crippen LogP) is 3.58. The Balaban J connectivity index is 2.76. The molecule has 0 atom stereocenters. The molecule has 0 aliphatic carbocycles. The molecule has 1 aromatic carbocycles. The van der Waals surface area contributed by atoms with Crippen molar-refractivity contribution in [3.8, 4) is 5.75 Å². The van der Waals surface area contributed by atoms with E-state index >= 15 is 0 Å². The Labute approximate surface area is 73.0 Å². The van der Waals surface area contributed by atoms with E-state index < -0.39 is 14.7 Å². The zero-order valence-corrected chi connectivity index (χ0v) is 7.31. The lowest BCUT2D eigenvalue weighted by Crippen LogP contribution is -1.83. The summed E-state index contributed by atoms with van der Waals surface area (Å²) in [5.74, 6) is -0.231. The largest absolute Gasteiger partial charge is 0.610 e. The molecule has 0 aliphatic heterocycles. The van der Waals surface area contributed by atoms with Crippen molar-refractivity contribution in [1.29, 1.82) is 0 Å². The topological polar surface area (TPSA) is 26.3 Å². The van der Waals surface area contributed by atoms with Gasteiger partial charge in [0.05, 0.1) is 0 Å². The molecule has 0 amide bonds. The third kappa shape index (κ3) is 3.51. The smallest absolute Gasteiger partial charge is 0.398 e. The summed E-state index contributed by atoms with van der Waals surface area (Å²) in [7, 11) is -5.50. The number of benzene rings is 1. The van der Waals surface area contributed by atoms with Gasteiger partial charge >= 0.3 is 7.99 Å². The van der Waals surface area contributed by atoms with Gasteiger partial charge in [-0.3, -0.25) is 0 Å². The van der Waals surface area contributed by atoms with Crippen molar-refractivity contribution in [2.24, 2.45) is 0 Å². The Morgan fingerprint density at radius 2 is 1.77 bits per heavy atom. The van der Waals surface area contributed by atoms with Crippen molar-refractivity contribution >= 4 is 7.99 Å². The van der Waals surface area contributed by atoms with Gasteiger partial charge in [0.2, 0.25) is 0 Å². The first-order chi connectivity index (χ1) is 6.01. The molecule has 0 N–H and O–H groups in total. The summed E-state index contributed by atoms with van der Waals surface area (Å²) in [6, 6.07) is 4.84. The first-order valence-corrected chi connectivity index (χ1v) is 4.76. The second-order valence-electron chi connectivity index (χ2n) is 2.28. The van der Waals surface area contributed by atoms with Crippen LogP contribution in [0.5, 0.6) is 5.75 Å². The van der Waals surface area contributed by atoms with Gasteiger partial charge in [-0.05, 0) is 17.7 Å². The average Bonchev–Trinajstić information content (AvgIpc) is 2.03. The molecule has 0 fully saturated rings. The van der Waals surface area contributed by atoms with Gasteiger partial charge in [-0.2, -0.15) is 0 Å². The van der Waals surface area contributed by atoms with Crippen molar-refractivity contribution in [2.75, 3.05) is 0 Å². The Hall–Kier alpha value is -0.960. The van der Waals surface area contributed by atoms with Gasteiger partial charge in [-0.15, -0.1) is 8.39 Å². The normalized spacial score (nSPS) is 11.3. The molecule has 0 unspecified atom stereocenters. The van der Waals surface area contributed by atoms with Crippen LogP contribution in [0, 0.1) is 0 Å². The summed E-state index contributed by atoms with van der Waals surface area (Å²) in [5.41, 5.74) is 0.347. The van der Waals surface area contributed by atoms with E-state index in [1.165, 1.54) is 12.1 Å². The van der Waals surface area contributed by atoms with E-state index in [1.807, 2.05) is 0 Å². The molecule has 6 heteroatoms. The van der Waals surface area contributed by atoms with E-state index in [-0.39, 0.29) is 5.75 Å². The van der Waals surface area contributed by atoms with E-state index in [0.717, 1.165) is 12.1 Å². The fourth-order valence-electron chi connectivity index (χ4n) is 0.762. The second kappa shape index (κ2) is 3.83. The first kappa shape index (κ1) is 10.1. The molecule has 0 saturated heterocycles. The lowest BCUT2D eigenvalue weighted by molar-refractivity contribution is 0.383. The Morgan fingerprint density at radius 1 is 1.23 bits per heavy atom. The van der Waals surface area contributed by atoms with Crippen molar-refractivity contribution < 1.29 is 21.9 Å². The van der Waals surface area contributed by atoms with Crippen LogP contribution in [0.1, 0.15) is 5.56 Å². The van der Waals surface area contributed by atoms with E-state index in [1.54, 1.807) is 0 Å². The van der Waals surface area contributed by atoms with Gasteiger partial charge in [0.15, 0.2) is 0 Å². The van der Waals surface area contributed by atoms with Crippen LogP contribution in [0.4, 0.5) is 12.8 Å². The number of rotatable bonds is 3. The quantitative estimate of drug-likeness (QED) is 0.712. The SMILES string of the molecule is O=P(F)(F)Oc1ccc(CF)cc1. The summed E-state index contributed by atoms with van der Waals surface area (Å²) in [5, 5.41) is 0. The van der Waals surface area contributed by atoms with Crippen LogP contribution in [0.2, 0.25) is 0 Å². The summed E-state index contributed by atoms with van der Waals surface area (Å²) in [4.78, 5) is 0. The first-order valence-electron chi connectivity index (χ1n) is 3.35. The van der Waals surface area contributed by atoms with E-state index in [2.05, 4.69) is 4.52 Å². The van der Waals surface area contributed by atoms with Crippen molar-refractivity contribution in [2.45, 2.75) is 6.67 Å². The zero-order valence-electron chi connectivity index (χ0n) is 6.41. The highest BCUT2D eigenvalue weighted by atomic mass is 31.2. The van der Waals surface area contributed by atoms with Crippen LogP contribution in [0.15, 0.2) is 24.3 Å². The van der Waals surface area contributed by atoms with Crippen LogP contribution in [0.3, 0.4) is 0 Å². The standard InChI is InChI=1S/C7H6F3O2P/c8-5-6-1-3-7(4-2-6)12-13(9,10)11/h1-4H,5H2. The second-order valence-corrected chi connectivity index (χ2v) is 3.29. The maximum atomic E-state index is 12.0. The number of hydrogen-bond acceptors (Lipinski definition) is 2. The molecule has 72 valence electrons. The molecule has 0 aliphatic rings. The van der Waals surface area contributed by atoms with Gasteiger partial charge in [-0.25, -0.2) is 8.96 Å². The summed E-state index contributed by atoms with van der Waals surface area (Å²) in [6.07, 6.45) is 0. The minimum atomic E-state index is -5.50. The third-order valence-electron chi connectivity index (χ3n) is 1.29. The van der Waals surface area contributed by atoms with Gasteiger partial charge in [0.25, 0.3) is 0 Å². The molecule has 0 saturated carbocycles. The number of alkyl halides is 1. The lowest BCUT2D eigenvalue weighted by Gasteiger charge is -2.02. The highest BCUT2D eigenvalue weighted by Gasteiger charge is 2.22. The van der Waals surface area contributed by atoms with Gasteiger partial charge in [-0.1, -0.05) is 12.1 Å². The summed E-state index contributed by atoms with van der Waals surface area (Å²) in [6.45, 7) is -0.677. The average molecular weight is 210 g/mol. The molecule has 0 aromatic heterocycles. The molecule has 1 aromatic rings. The van der Waals surface area contributed by atoms with Crippen LogP contribution in [-0.4, -0.2) is 0 Å². The maximum absolute atomic E-state index is 12.0. The molecule has 0 radical (unpaired) electrons. The lowest BCUT2D eigenvalue weighted by atomic mass is 10.2. The molecule has 13 heavy (non-hydrogen) atoms. The Kier molecular flexibility index (Phi) is 2.98. The monoisotopic (exact) mass is 210 g/mol. The van der Waals surface area contributed by atoms with Crippen LogP contribution < -0.4 is 4.52 Å². The molecule has 0 bridgehead atoms. The van der Waals surface area contributed by atoms with Gasteiger partial charge < -0.3 is 4.52 Å². The fourth-order valence-corrected chi connectivity index (χ4v) is 1.13. The zero-order chi connectivity index (χ0) is 9.90. The van der Waals surface area contributed by atoms with Crippen molar-refractivity contribution in [1.82, 2.24) is 0 Å². The minimum Gasteiger partial charge on any atom is -0.398 e. The minimum absolute atomic E-state index is 0.231. The Morgan fingerprint density at radius 3 is 2.15 bits per heavy atom. The molecule has 0 spiro atoms. The Bertz CT molecular complexity index is 319. The maximum Gasteiger partial charge on any atom is 0.610 e. The number of hydrogen-bond donors (Lipinski definition) is 0. The van der Waals surface area contributed by atoms with Crippen molar-refractivity contribution in [3.63, 3.8) is 0 Å². The third-order valence-corrected chi connectivity index (χ3v) is 1.71. The highest BCUT2D eigenvalue weighted by Crippen LogP contribution is 2.50. The fraction of sp³-hybridized carbons (Fsp3) is 0.143. The molecule has 2 nitrogen and oxygen atoms in total. The molecular weight excluding hydrogens is 204 g/mol. The molecule has 0 heterocycles. The van der Waals surface area contributed by atoms with Crippen molar-refractivity contribution in [3.05, 3.63) is 29.8 Å². The van der Waals surface area contributed by atoms with Crippen LogP contribution in [-0.2, 0) is 11.2 Å². The molecule has 1 rings (SSSR count). The van der Waals surface area contributed by atoms with E-state index in [4.69, 9.17) is 0 Å².